The van der Waals surface area contributed by atoms with Crippen LogP contribution in [0.2, 0.25) is 0 Å². The topological polar surface area (TPSA) is 70.7 Å². The van der Waals surface area contributed by atoms with E-state index in [1.54, 1.807) is 31.4 Å². The molecule has 1 aliphatic carbocycles. The molecule has 1 heterocycles. The predicted octanol–water partition coefficient (Wildman–Crippen LogP) is 5.17. The number of nitrogens with one attached hydrogen (secondary N) is 2. The van der Waals surface area contributed by atoms with Crippen LogP contribution in [0.4, 0.5) is 5.69 Å². The molecule has 1 atom stereocenters. The molecule has 2 N–H and O–H groups in total. The van der Waals surface area contributed by atoms with E-state index in [0.29, 0.717) is 11.6 Å². The fraction of sp³-hybridized carbons (Fsp3) is 0.500. The molecule has 34 heavy (non-hydrogen) atoms. The van der Waals surface area contributed by atoms with Crippen LogP contribution in [0.1, 0.15) is 73.8 Å². The van der Waals surface area contributed by atoms with Crippen LogP contribution < -0.4 is 15.4 Å². The Kier molecular flexibility index (Phi) is 8.22. The lowest BCUT2D eigenvalue weighted by molar-refractivity contribution is -0.127. The zero-order valence-electron chi connectivity index (χ0n) is 20.4. The largest absolute Gasteiger partial charge is 0.497 e. The molecule has 1 saturated carbocycles. The molecule has 2 fully saturated rings. The van der Waals surface area contributed by atoms with Gasteiger partial charge in [0.05, 0.1) is 7.11 Å². The Morgan fingerprint density at radius 2 is 1.68 bits per heavy atom. The number of hydrogen-bond donors (Lipinski definition) is 2. The number of nitrogens with zero attached hydrogens (tertiary/aromatic N) is 1. The van der Waals surface area contributed by atoms with Gasteiger partial charge in [0.2, 0.25) is 5.91 Å². The second kappa shape index (κ2) is 11.5. The maximum Gasteiger partial charge on any atom is 0.255 e. The molecule has 2 amide bonds. The van der Waals surface area contributed by atoms with Gasteiger partial charge in [0, 0.05) is 29.3 Å². The fourth-order valence-corrected chi connectivity index (χ4v) is 5.15. The summed E-state index contributed by atoms with van der Waals surface area (Å²) in [5, 5.41) is 6.31. The maximum atomic E-state index is 12.7. The molecule has 0 radical (unpaired) electrons. The van der Waals surface area contributed by atoms with E-state index in [0.717, 1.165) is 55.8 Å². The average Bonchev–Trinajstić information content (AvgIpc) is 2.89. The molecule has 2 aromatic carbocycles. The lowest BCUT2D eigenvalue weighted by Gasteiger charge is -2.36. The van der Waals surface area contributed by atoms with Crippen LogP contribution in [0.3, 0.4) is 0 Å². The van der Waals surface area contributed by atoms with Gasteiger partial charge >= 0.3 is 0 Å². The summed E-state index contributed by atoms with van der Waals surface area (Å²) in [7, 11) is 1.61. The zero-order chi connectivity index (χ0) is 23.9. The van der Waals surface area contributed by atoms with Crippen molar-refractivity contribution in [2.45, 2.75) is 64.0 Å². The first-order valence-electron chi connectivity index (χ1n) is 12.6. The minimum Gasteiger partial charge on any atom is -0.497 e. The summed E-state index contributed by atoms with van der Waals surface area (Å²) < 4.78 is 5.16. The van der Waals surface area contributed by atoms with Crippen molar-refractivity contribution < 1.29 is 14.3 Å². The number of rotatable bonds is 7. The molecule has 0 aromatic heterocycles. The van der Waals surface area contributed by atoms with Gasteiger partial charge in [-0.1, -0.05) is 31.4 Å². The van der Waals surface area contributed by atoms with Gasteiger partial charge in [0.25, 0.3) is 5.91 Å². The lowest BCUT2D eigenvalue weighted by atomic mass is 9.91. The Hall–Kier alpha value is -2.86. The Morgan fingerprint density at radius 1 is 0.971 bits per heavy atom. The van der Waals surface area contributed by atoms with Gasteiger partial charge in [-0.3, -0.25) is 14.5 Å². The first-order valence-corrected chi connectivity index (χ1v) is 12.6. The van der Waals surface area contributed by atoms with Crippen molar-refractivity contribution in [1.82, 2.24) is 10.2 Å². The molecule has 1 saturated heterocycles. The molecule has 2 aliphatic rings. The summed E-state index contributed by atoms with van der Waals surface area (Å²) in [5.74, 6) is 0.961. The van der Waals surface area contributed by atoms with Crippen LogP contribution in [0.15, 0.2) is 48.5 Å². The van der Waals surface area contributed by atoms with Crippen molar-refractivity contribution in [3.63, 3.8) is 0 Å². The molecular formula is C28H37N3O3. The molecule has 0 spiro atoms. The molecule has 1 aliphatic heterocycles. The van der Waals surface area contributed by atoms with E-state index in [4.69, 9.17) is 4.74 Å². The highest BCUT2D eigenvalue weighted by Gasteiger charge is 2.29. The van der Waals surface area contributed by atoms with E-state index in [9.17, 15) is 9.59 Å². The van der Waals surface area contributed by atoms with Gasteiger partial charge in [-0.2, -0.15) is 0 Å². The SMILES string of the molecule is COc1ccc(C(=O)Nc2cccc(C(C)N3CCC(C(=O)NC4CCCCC4)CC3)c2)cc1. The Balaban J connectivity index is 1.30. The third-order valence-corrected chi connectivity index (χ3v) is 7.38. The highest BCUT2D eigenvalue weighted by Crippen LogP contribution is 2.29. The Morgan fingerprint density at radius 3 is 2.35 bits per heavy atom. The summed E-state index contributed by atoms with van der Waals surface area (Å²) >= 11 is 0. The molecular weight excluding hydrogens is 426 g/mol. The number of carbonyl (C=O) groups excluding carboxylic acids is 2. The summed E-state index contributed by atoms with van der Waals surface area (Å²) in [4.78, 5) is 27.8. The van der Waals surface area contributed by atoms with Gasteiger partial charge < -0.3 is 15.4 Å². The molecule has 0 bridgehead atoms. The van der Waals surface area contributed by atoms with Crippen molar-refractivity contribution in [1.29, 1.82) is 0 Å². The number of methoxy groups -OCH3 is 1. The third kappa shape index (κ3) is 6.17. The number of likely N-dealkylation sites (tertiary alicyclic amines) is 1. The summed E-state index contributed by atoms with van der Waals surface area (Å²) in [6, 6.07) is 15.8. The van der Waals surface area contributed by atoms with Crippen molar-refractivity contribution in [2.75, 3.05) is 25.5 Å². The van der Waals surface area contributed by atoms with Crippen LogP contribution >= 0.6 is 0 Å². The normalized spacial score (nSPS) is 18.8. The number of ether oxygens (including phenoxy) is 1. The summed E-state index contributed by atoms with van der Waals surface area (Å²) in [6.45, 7) is 4.02. The smallest absolute Gasteiger partial charge is 0.255 e. The predicted molar refractivity (Wildman–Crippen MR) is 135 cm³/mol. The molecule has 2 aromatic rings. The van der Waals surface area contributed by atoms with Gasteiger partial charge in [-0.25, -0.2) is 0 Å². The van der Waals surface area contributed by atoms with E-state index < -0.39 is 0 Å². The zero-order valence-corrected chi connectivity index (χ0v) is 20.4. The van der Waals surface area contributed by atoms with Crippen LogP contribution in [0.25, 0.3) is 0 Å². The second-order valence-corrected chi connectivity index (χ2v) is 9.64. The summed E-state index contributed by atoms with van der Waals surface area (Å²) in [6.07, 6.45) is 7.84. The van der Waals surface area contributed by atoms with Gasteiger partial charge in [0.1, 0.15) is 5.75 Å². The highest BCUT2D eigenvalue weighted by molar-refractivity contribution is 6.04. The lowest BCUT2D eigenvalue weighted by Crippen LogP contribution is -2.44. The van der Waals surface area contributed by atoms with Crippen molar-refractivity contribution in [3.8, 4) is 5.75 Å². The van der Waals surface area contributed by atoms with Crippen molar-refractivity contribution in [3.05, 3.63) is 59.7 Å². The maximum absolute atomic E-state index is 12.7. The number of anilines is 1. The average molecular weight is 464 g/mol. The van der Waals surface area contributed by atoms with Gasteiger partial charge in [-0.15, -0.1) is 0 Å². The minimum absolute atomic E-state index is 0.125. The van der Waals surface area contributed by atoms with E-state index in [1.165, 1.54) is 19.3 Å². The number of hydrogen-bond acceptors (Lipinski definition) is 4. The van der Waals surface area contributed by atoms with E-state index in [1.807, 2.05) is 18.2 Å². The second-order valence-electron chi connectivity index (χ2n) is 9.64. The molecule has 6 heteroatoms. The quantitative estimate of drug-likeness (QED) is 0.594. The third-order valence-electron chi connectivity index (χ3n) is 7.38. The number of amides is 2. The Bertz CT molecular complexity index is 961. The fourth-order valence-electron chi connectivity index (χ4n) is 5.15. The first kappa shape index (κ1) is 24.3. The Labute approximate surface area is 203 Å². The highest BCUT2D eigenvalue weighted by atomic mass is 16.5. The molecule has 4 rings (SSSR count). The minimum atomic E-state index is -0.141. The molecule has 6 nitrogen and oxygen atoms in total. The number of benzene rings is 2. The van der Waals surface area contributed by atoms with Crippen LogP contribution in [0.5, 0.6) is 5.75 Å². The van der Waals surface area contributed by atoms with Crippen LogP contribution in [0, 0.1) is 5.92 Å². The first-order chi connectivity index (χ1) is 16.5. The van der Waals surface area contributed by atoms with E-state index in [-0.39, 0.29) is 23.8 Å². The summed E-state index contributed by atoms with van der Waals surface area (Å²) in [5.41, 5.74) is 2.54. The number of carbonyl (C=O) groups is 2. The van der Waals surface area contributed by atoms with Gasteiger partial charge in [0.15, 0.2) is 0 Å². The van der Waals surface area contributed by atoms with Crippen LogP contribution in [-0.2, 0) is 4.79 Å². The van der Waals surface area contributed by atoms with Crippen molar-refractivity contribution >= 4 is 17.5 Å². The number of piperidine rings is 1. The van der Waals surface area contributed by atoms with Crippen LogP contribution in [-0.4, -0.2) is 43.0 Å². The van der Waals surface area contributed by atoms with Crippen molar-refractivity contribution in [2.24, 2.45) is 5.92 Å². The monoisotopic (exact) mass is 463 g/mol. The molecule has 1 unspecified atom stereocenters. The van der Waals surface area contributed by atoms with E-state index >= 15 is 0 Å². The standard InChI is InChI=1S/C28H37N3O3/c1-20(31-17-15-22(16-18-31)28(33)29-24-8-4-3-5-9-24)23-7-6-10-25(19-23)30-27(32)21-11-13-26(34-2)14-12-21/h6-7,10-14,19-20,22,24H,3-5,8-9,15-18H2,1-2H3,(H,29,33)(H,30,32). The van der Waals surface area contributed by atoms with E-state index in [2.05, 4.69) is 28.5 Å². The molecule has 182 valence electrons. The van der Waals surface area contributed by atoms with Gasteiger partial charge in [-0.05, 0) is 87.7 Å².